The Bertz CT molecular complexity index is 505. The van der Waals surface area contributed by atoms with Gasteiger partial charge < -0.3 is 0 Å². The van der Waals surface area contributed by atoms with Gasteiger partial charge in [-0.25, -0.2) is 8.42 Å². The number of aryl methyl sites for hydroxylation is 1. The molecule has 0 saturated carbocycles. The summed E-state index contributed by atoms with van der Waals surface area (Å²) in [6.45, 7) is 0.677. The van der Waals surface area contributed by atoms with Crippen molar-refractivity contribution in [1.29, 1.82) is 0 Å². The van der Waals surface area contributed by atoms with E-state index < -0.39 is 10.0 Å². The first-order valence-electron chi connectivity index (χ1n) is 7.08. The predicted octanol–water partition coefficient (Wildman–Crippen LogP) is 2.59. The number of halogens is 1. The minimum Gasteiger partial charge on any atom is -0.265 e. The van der Waals surface area contributed by atoms with Crippen LogP contribution in [-0.4, -0.2) is 41.4 Å². The molecule has 0 aliphatic carbocycles. The Labute approximate surface area is 129 Å². The van der Waals surface area contributed by atoms with Gasteiger partial charge in [0.05, 0.1) is 5.75 Å². The lowest BCUT2D eigenvalue weighted by molar-refractivity contribution is 0.248. The summed E-state index contributed by atoms with van der Waals surface area (Å²) in [5.74, 6) is 0.190. The molecule has 0 amide bonds. The maximum Gasteiger partial charge on any atom is 0.214 e. The van der Waals surface area contributed by atoms with Crippen molar-refractivity contribution in [2.75, 3.05) is 17.6 Å². The zero-order chi connectivity index (χ0) is 14.4. The van der Waals surface area contributed by atoms with Crippen LogP contribution in [0.5, 0.6) is 0 Å². The van der Waals surface area contributed by atoms with Crippen LogP contribution >= 0.6 is 15.9 Å². The first-order valence-corrected chi connectivity index (χ1v) is 9.81. The fourth-order valence-electron chi connectivity index (χ4n) is 2.67. The second kappa shape index (κ2) is 7.52. The molecule has 112 valence electrons. The number of rotatable bonds is 6. The normalized spacial score (nSPS) is 20.9. The van der Waals surface area contributed by atoms with Crippen molar-refractivity contribution in [2.45, 2.75) is 38.1 Å². The van der Waals surface area contributed by atoms with Crippen molar-refractivity contribution in [3.63, 3.8) is 0 Å². The highest BCUT2D eigenvalue weighted by molar-refractivity contribution is 9.09. The summed E-state index contributed by atoms with van der Waals surface area (Å²) in [7, 11) is -3.16. The molecule has 1 fully saturated rings. The third kappa shape index (κ3) is 4.27. The van der Waals surface area contributed by atoms with E-state index in [0.717, 1.165) is 36.6 Å². The number of piperidine rings is 1. The van der Waals surface area contributed by atoms with E-state index in [9.17, 15) is 8.42 Å². The number of hydrogen-bond acceptors (Lipinski definition) is 3. The van der Waals surface area contributed by atoms with Crippen LogP contribution in [0.3, 0.4) is 0 Å². The van der Waals surface area contributed by atoms with Gasteiger partial charge in [-0.05, 0) is 43.4 Å². The van der Waals surface area contributed by atoms with Crippen molar-refractivity contribution in [1.82, 2.24) is 9.29 Å². The third-order valence-corrected chi connectivity index (χ3v) is 6.14. The van der Waals surface area contributed by atoms with Gasteiger partial charge in [0.15, 0.2) is 0 Å². The largest absolute Gasteiger partial charge is 0.265 e. The van der Waals surface area contributed by atoms with Crippen LogP contribution in [0.4, 0.5) is 0 Å². The van der Waals surface area contributed by atoms with E-state index in [-0.39, 0.29) is 11.8 Å². The first kappa shape index (κ1) is 15.9. The van der Waals surface area contributed by atoms with Gasteiger partial charge in [0.25, 0.3) is 0 Å². The average Bonchev–Trinajstić information content (AvgIpc) is 2.47. The van der Waals surface area contributed by atoms with E-state index in [2.05, 4.69) is 20.9 Å². The molecule has 6 heteroatoms. The van der Waals surface area contributed by atoms with Gasteiger partial charge in [0.1, 0.15) is 0 Å². The molecule has 1 aromatic heterocycles. The van der Waals surface area contributed by atoms with Crippen LogP contribution in [0.25, 0.3) is 0 Å². The highest BCUT2D eigenvalue weighted by Crippen LogP contribution is 2.24. The summed E-state index contributed by atoms with van der Waals surface area (Å²) in [6.07, 6.45) is 7.96. The Morgan fingerprint density at radius 3 is 2.75 bits per heavy atom. The molecule has 0 radical (unpaired) electrons. The number of hydrogen-bond donors (Lipinski definition) is 0. The maximum absolute atomic E-state index is 12.5. The van der Waals surface area contributed by atoms with Gasteiger partial charge in [0.2, 0.25) is 10.0 Å². The number of sulfonamides is 1. The Morgan fingerprint density at radius 2 is 2.05 bits per heavy atom. The van der Waals surface area contributed by atoms with Gasteiger partial charge in [-0.3, -0.25) is 4.98 Å². The van der Waals surface area contributed by atoms with Gasteiger partial charge in [-0.1, -0.05) is 22.4 Å². The van der Waals surface area contributed by atoms with Gasteiger partial charge in [-0.15, -0.1) is 0 Å². The maximum atomic E-state index is 12.5. The second-order valence-corrected chi connectivity index (χ2v) is 7.99. The summed E-state index contributed by atoms with van der Waals surface area (Å²) in [4.78, 5) is 3.95. The smallest absolute Gasteiger partial charge is 0.214 e. The molecule has 1 aliphatic heterocycles. The highest BCUT2D eigenvalue weighted by Gasteiger charge is 2.31. The SMILES string of the molecule is O=S(=O)(CCc1ccncc1)N1CCCCC1CCBr. The molecule has 1 saturated heterocycles. The molecule has 20 heavy (non-hydrogen) atoms. The molecular weight excluding hydrogens is 340 g/mol. The van der Waals surface area contributed by atoms with E-state index in [1.165, 1.54) is 0 Å². The van der Waals surface area contributed by atoms with Gasteiger partial charge in [0, 0.05) is 30.3 Å². The summed E-state index contributed by atoms with van der Waals surface area (Å²) < 4.78 is 26.8. The average molecular weight is 361 g/mol. The number of aromatic nitrogens is 1. The molecule has 1 atom stereocenters. The molecule has 2 heterocycles. The highest BCUT2D eigenvalue weighted by atomic mass is 79.9. The minimum atomic E-state index is -3.16. The number of nitrogens with zero attached hydrogens (tertiary/aromatic N) is 2. The number of alkyl halides is 1. The van der Waals surface area contributed by atoms with Crippen LogP contribution in [0, 0.1) is 0 Å². The quantitative estimate of drug-likeness (QED) is 0.732. The first-order chi connectivity index (χ1) is 9.63. The summed E-state index contributed by atoms with van der Waals surface area (Å²) in [5, 5.41) is 0.855. The third-order valence-electron chi connectivity index (χ3n) is 3.77. The zero-order valence-electron chi connectivity index (χ0n) is 11.5. The van der Waals surface area contributed by atoms with Crippen molar-refractivity contribution in [2.24, 2.45) is 0 Å². The summed E-state index contributed by atoms with van der Waals surface area (Å²) in [5.41, 5.74) is 1.03. The Kier molecular flexibility index (Phi) is 5.99. The summed E-state index contributed by atoms with van der Waals surface area (Å²) >= 11 is 3.43. The Hall–Kier alpha value is -0.460. The van der Waals surface area contributed by atoms with Crippen molar-refractivity contribution >= 4 is 26.0 Å². The monoisotopic (exact) mass is 360 g/mol. The van der Waals surface area contributed by atoms with Crippen LogP contribution in [0.2, 0.25) is 0 Å². The lowest BCUT2D eigenvalue weighted by Gasteiger charge is -2.34. The predicted molar refractivity (Wildman–Crippen MR) is 84.5 cm³/mol. The molecule has 1 aliphatic rings. The molecular formula is C14H21BrN2O2S. The topological polar surface area (TPSA) is 50.3 Å². The van der Waals surface area contributed by atoms with Gasteiger partial charge in [-0.2, -0.15) is 4.31 Å². The summed E-state index contributed by atoms with van der Waals surface area (Å²) in [6, 6.07) is 3.93. The van der Waals surface area contributed by atoms with Gasteiger partial charge >= 0.3 is 0 Å². The molecule has 4 nitrogen and oxygen atoms in total. The molecule has 0 bridgehead atoms. The van der Waals surface area contributed by atoms with Crippen molar-refractivity contribution in [3.8, 4) is 0 Å². The molecule has 1 aromatic rings. The standard InChI is InChI=1S/C14H21BrN2O2S/c15-8-4-14-3-1-2-11-17(14)20(18,19)12-7-13-5-9-16-10-6-13/h5-6,9-10,14H,1-4,7-8,11-12H2. The molecule has 0 spiro atoms. The lowest BCUT2D eigenvalue weighted by atomic mass is 10.0. The number of pyridine rings is 1. The van der Waals surface area contributed by atoms with Crippen molar-refractivity contribution in [3.05, 3.63) is 30.1 Å². The molecule has 1 unspecified atom stereocenters. The fraction of sp³-hybridized carbons (Fsp3) is 0.643. The van der Waals surface area contributed by atoms with E-state index in [0.29, 0.717) is 13.0 Å². The van der Waals surface area contributed by atoms with Crippen LogP contribution < -0.4 is 0 Å². The van der Waals surface area contributed by atoms with E-state index in [4.69, 9.17) is 0 Å². The molecule has 2 rings (SSSR count). The molecule has 0 aromatic carbocycles. The lowest BCUT2D eigenvalue weighted by Crippen LogP contribution is -2.45. The Morgan fingerprint density at radius 1 is 1.30 bits per heavy atom. The minimum absolute atomic E-state index is 0.172. The zero-order valence-corrected chi connectivity index (χ0v) is 13.9. The van der Waals surface area contributed by atoms with Crippen LogP contribution in [0.15, 0.2) is 24.5 Å². The van der Waals surface area contributed by atoms with Crippen LogP contribution in [-0.2, 0) is 16.4 Å². The van der Waals surface area contributed by atoms with E-state index in [1.54, 1.807) is 16.7 Å². The van der Waals surface area contributed by atoms with Crippen molar-refractivity contribution < 1.29 is 8.42 Å². The fourth-order valence-corrected chi connectivity index (χ4v) is 5.00. The second-order valence-electron chi connectivity index (χ2n) is 5.16. The van der Waals surface area contributed by atoms with E-state index in [1.807, 2.05) is 12.1 Å². The Balaban J connectivity index is 2.01. The molecule has 0 N–H and O–H groups in total. The van der Waals surface area contributed by atoms with Crippen LogP contribution in [0.1, 0.15) is 31.2 Å². The van der Waals surface area contributed by atoms with E-state index >= 15 is 0 Å².